The first kappa shape index (κ1) is 21.0. The zero-order chi connectivity index (χ0) is 23.8. The quantitative estimate of drug-likeness (QED) is 0.408. The highest BCUT2D eigenvalue weighted by Gasteiger charge is 2.59. The van der Waals surface area contributed by atoms with Crippen LogP contribution < -0.4 is 10.7 Å². The van der Waals surface area contributed by atoms with Crippen molar-refractivity contribution in [2.24, 2.45) is 10.4 Å². The maximum atomic E-state index is 12.2. The number of aromatic amines is 1. The highest BCUT2D eigenvalue weighted by molar-refractivity contribution is 9.10. The molecule has 6 rings (SSSR count). The number of carboxylic acid groups (broad SMARTS) is 1. The van der Waals surface area contributed by atoms with Crippen molar-refractivity contribution < 1.29 is 19.4 Å². The second-order valence-electron chi connectivity index (χ2n) is 8.85. The summed E-state index contributed by atoms with van der Waals surface area (Å²) in [4.78, 5) is 26.8. The van der Waals surface area contributed by atoms with Gasteiger partial charge in [0.2, 0.25) is 0 Å². The van der Waals surface area contributed by atoms with Crippen LogP contribution in [0.3, 0.4) is 0 Å². The minimum atomic E-state index is -1.13. The molecule has 1 saturated carbocycles. The molecule has 3 aromatic rings. The van der Waals surface area contributed by atoms with Crippen LogP contribution in [0, 0.1) is 6.92 Å². The number of benzene rings is 2. The molecule has 3 unspecified atom stereocenters. The number of alkyl carbamates (subject to hydrolysis) is 1. The number of carboxylic acids is 1. The minimum absolute atomic E-state index is 0.235. The molecule has 34 heavy (non-hydrogen) atoms. The summed E-state index contributed by atoms with van der Waals surface area (Å²) in [7, 11) is 0. The molecule has 4 N–H and O–H groups in total. The number of rotatable bonds is 4. The fourth-order valence-corrected chi connectivity index (χ4v) is 5.76. The Hall–Kier alpha value is -3.60. The predicted molar refractivity (Wildman–Crippen MR) is 126 cm³/mol. The van der Waals surface area contributed by atoms with Gasteiger partial charge in [-0.25, -0.2) is 9.80 Å². The van der Waals surface area contributed by atoms with E-state index < -0.39 is 29.9 Å². The van der Waals surface area contributed by atoms with Gasteiger partial charge in [-0.3, -0.25) is 10.2 Å². The smallest absolute Gasteiger partial charge is 0.408 e. The molecular weight excluding hydrogens is 504 g/mol. The fourth-order valence-electron chi connectivity index (χ4n) is 5.04. The van der Waals surface area contributed by atoms with Crippen LogP contribution in [0.1, 0.15) is 30.0 Å². The van der Waals surface area contributed by atoms with Gasteiger partial charge in [0.15, 0.2) is 5.66 Å². The molecule has 1 fully saturated rings. The van der Waals surface area contributed by atoms with Gasteiger partial charge in [-0.2, -0.15) is 0 Å². The molecule has 1 amide bonds. The first-order valence-electron chi connectivity index (χ1n) is 10.9. The van der Waals surface area contributed by atoms with Crippen LogP contribution in [0.2, 0.25) is 0 Å². The van der Waals surface area contributed by atoms with Crippen molar-refractivity contribution >= 4 is 38.9 Å². The van der Waals surface area contributed by atoms with Crippen molar-refractivity contribution in [3.05, 3.63) is 57.6 Å². The van der Waals surface area contributed by atoms with Crippen LogP contribution in [-0.4, -0.2) is 45.3 Å². The number of aryl methyl sites for hydroxylation is 1. The number of fused-ring (bicyclic) bond motifs is 5. The second-order valence-corrected chi connectivity index (χ2v) is 9.64. The van der Waals surface area contributed by atoms with E-state index in [0.29, 0.717) is 6.42 Å². The van der Waals surface area contributed by atoms with E-state index in [1.807, 2.05) is 17.1 Å². The zero-order valence-corrected chi connectivity index (χ0v) is 19.9. The molecule has 4 atom stereocenters. The third-order valence-electron chi connectivity index (χ3n) is 6.73. The second kappa shape index (κ2) is 7.20. The van der Waals surface area contributed by atoms with E-state index in [1.54, 1.807) is 0 Å². The van der Waals surface area contributed by atoms with E-state index in [9.17, 15) is 9.59 Å². The predicted octanol–water partition coefficient (Wildman–Crippen LogP) is 3.95. The van der Waals surface area contributed by atoms with Crippen molar-refractivity contribution in [1.29, 1.82) is 0 Å². The number of hydrogen-bond acceptors (Lipinski definition) is 7. The third-order valence-corrected chi connectivity index (χ3v) is 7.53. The molecule has 174 valence electrons. The van der Waals surface area contributed by atoms with Gasteiger partial charge in [-0.15, -0.1) is 0 Å². The van der Waals surface area contributed by atoms with E-state index in [4.69, 9.17) is 9.84 Å². The van der Waals surface area contributed by atoms with Gasteiger partial charge >= 0.3 is 12.1 Å². The van der Waals surface area contributed by atoms with Gasteiger partial charge in [0.25, 0.3) is 0 Å². The molecule has 2 aliphatic carbocycles. The summed E-state index contributed by atoms with van der Waals surface area (Å²) in [6.07, 6.45) is -0.665. The molecule has 0 radical (unpaired) electrons. The Balaban J connectivity index is 1.43. The number of nitrogens with one attached hydrogen (secondary N) is 3. The van der Waals surface area contributed by atoms with Gasteiger partial charge in [0.05, 0.1) is 16.2 Å². The average molecular weight is 525 g/mol. The summed E-state index contributed by atoms with van der Waals surface area (Å²) in [6, 6.07) is 10.9. The van der Waals surface area contributed by atoms with Crippen LogP contribution in [0.15, 0.2) is 51.3 Å². The van der Waals surface area contributed by atoms with Crippen molar-refractivity contribution in [3.63, 3.8) is 0 Å². The summed E-state index contributed by atoms with van der Waals surface area (Å²) >= 11 is 3.82. The first-order valence-corrected chi connectivity index (χ1v) is 11.7. The lowest BCUT2D eigenvalue weighted by Crippen LogP contribution is -2.51. The summed E-state index contributed by atoms with van der Waals surface area (Å²) in [6.45, 7) is 3.44. The van der Waals surface area contributed by atoms with Gasteiger partial charge in [0.1, 0.15) is 12.1 Å². The van der Waals surface area contributed by atoms with E-state index >= 15 is 0 Å². The maximum absolute atomic E-state index is 12.2. The number of carbonyl (C=O) groups excluding carboxylic acids is 1. The molecule has 3 aliphatic rings. The number of ether oxygens (including phenoxy) is 1. The molecule has 2 aromatic carbocycles. The van der Waals surface area contributed by atoms with E-state index in [1.165, 1.54) is 6.92 Å². The Bertz CT molecular complexity index is 1400. The van der Waals surface area contributed by atoms with Crippen molar-refractivity contribution in [3.8, 4) is 11.3 Å². The van der Waals surface area contributed by atoms with Crippen molar-refractivity contribution in [2.75, 3.05) is 0 Å². The number of hydrogen-bond donors (Lipinski definition) is 4. The molecule has 1 aliphatic heterocycles. The first-order chi connectivity index (χ1) is 16.3. The topological polar surface area (TPSA) is 131 Å². The normalized spacial score (nSPS) is 24.6. The summed E-state index contributed by atoms with van der Waals surface area (Å²) in [5.41, 5.74) is 8.45. The Kier molecular flexibility index (Phi) is 4.44. The van der Waals surface area contributed by atoms with Crippen LogP contribution >= 0.6 is 15.9 Å². The van der Waals surface area contributed by atoms with E-state index in [2.05, 4.69) is 73.3 Å². The molecule has 1 spiro atoms. The highest BCUT2D eigenvalue weighted by Crippen LogP contribution is 2.54. The molecule has 0 saturated heterocycles. The Morgan fingerprint density at radius 3 is 2.91 bits per heavy atom. The number of H-pyrrole nitrogens is 1. The standard InChI is InChI=1S/C23H21BrN6O4/c1-10-7-8-14-17-18(10)23(13-6-4-3-5-12(13)20(26-14)19(17)24)27-28-29-30(23)15-9-16(15)34-22(33)25-11(2)21(31)32/h3-8,11,15-16,26H,9H2,1-2H3,(H,25,33)(H,27,29)(H,31,32)/t11-,15?,16?,23?/m0/s1. The molecule has 10 nitrogen and oxygen atoms in total. The van der Waals surface area contributed by atoms with Gasteiger partial charge in [-0.1, -0.05) is 40.8 Å². The highest BCUT2D eigenvalue weighted by atomic mass is 79.9. The van der Waals surface area contributed by atoms with Crippen LogP contribution in [0.25, 0.3) is 22.2 Å². The van der Waals surface area contributed by atoms with Gasteiger partial charge in [-0.05, 0) is 41.4 Å². The molecular formula is C23H21BrN6O4. The Morgan fingerprint density at radius 1 is 1.32 bits per heavy atom. The SMILES string of the molecule is Cc1ccc2[nH]c3c(Br)c2c1C1(NN=NN1C1CC1OC(=O)N[C@@H](C)C(=O)O)c1ccccc1-3. The molecule has 2 heterocycles. The summed E-state index contributed by atoms with van der Waals surface area (Å²) in [5.74, 6) is -1.13. The molecule has 2 bridgehead atoms. The van der Waals surface area contributed by atoms with E-state index in [0.717, 1.165) is 43.3 Å². The van der Waals surface area contributed by atoms with Crippen LogP contribution in [0.5, 0.6) is 0 Å². The van der Waals surface area contributed by atoms with Gasteiger partial charge in [0, 0.05) is 34.0 Å². The molecule has 1 aromatic heterocycles. The number of halogens is 1. The largest absolute Gasteiger partial charge is 0.480 e. The lowest BCUT2D eigenvalue weighted by molar-refractivity contribution is -0.138. The number of aliphatic carboxylic acids is 1. The number of carbonyl (C=O) groups is 2. The summed E-state index contributed by atoms with van der Waals surface area (Å²) < 4.78 is 6.49. The Labute approximate surface area is 202 Å². The number of amides is 1. The number of aromatic nitrogens is 1. The summed E-state index contributed by atoms with van der Waals surface area (Å²) in [5, 5.41) is 23.0. The fraction of sp³-hybridized carbons (Fsp3) is 0.304. The zero-order valence-electron chi connectivity index (χ0n) is 18.3. The van der Waals surface area contributed by atoms with Crippen LogP contribution in [-0.2, 0) is 15.2 Å². The monoisotopic (exact) mass is 524 g/mol. The molecule has 11 heteroatoms. The third kappa shape index (κ3) is 2.79. The van der Waals surface area contributed by atoms with Crippen LogP contribution in [0.4, 0.5) is 4.79 Å². The van der Waals surface area contributed by atoms with Crippen molar-refractivity contribution in [2.45, 2.75) is 44.1 Å². The average Bonchev–Trinajstić information content (AvgIpc) is 3.29. The lowest BCUT2D eigenvalue weighted by atomic mass is 9.84. The lowest BCUT2D eigenvalue weighted by Gasteiger charge is -2.39. The minimum Gasteiger partial charge on any atom is -0.480 e. The van der Waals surface area contributed by atoms with Gasteiger partial charge < -0.3 is 20.1 Å². The number of nitrogens with zero attached hydrogens (tertiary/aromatic N) is 3. The maximum Gasteiger partial charge on any atom is 0.408 e. The Morgan fingerprint density at radius 2 is 2.12 bits per heavy atom. The van der Waals surface area contributed by atoms with Crippen molar-refractivity contribution in [1.82, 2.24) is 20.7 Å². The van der Waals surface area contributed by atoms with E-state index in [-0.39, 0.29) is 6.04 Å².